The van der Waals surface area contributed by atoms with Crippen LogP contribution < -0.4 is 4.90 Å². The van der Waals surface area contributed by atoms with Gasteiger partial charge in [0.1, 0.15) is 5.82 Å². The number of hydrogen-bond donors (Lipinski definition) is 0. The van der Waals surface area contributed by atoms with Gasteiger partial charge in [-0.25, -0.2) is 4.98 Å². The van der Waals surface area contributed by atoms with Crippen LogP contribution in [0.5, 0.6) is 0 Å². The highest BCUT2D eigenvalue weighted by atomic mass is 79.9. The van der Waals surface area contributed by atoms with Crippen LogP contribution in [0.3, 0.4) is 0 Å². The Bertz CT molecular complexity index is 349. The molecule has 88 valence electrons. The lowest BCUT2D eigenvalue weighted by Crippen LogP contribution is -2.36. The third-order valence-electron chi connectivity index (χ3n) is 3.23. The van der Waals surface area contributed by atoms with Gasteiger partial charge in [0.25, 0.3) is 0 Å². The van der Waals surface area contributed by atoms with Gasteiger partial charge >= 0.3 is 0 Å². The number of alkyl halides is 1. The van der Waals surface area contributed by atoms with Crippen molar-refractivity contribution in [1.29, 1.82) is 0 Å². The molecule has 1 saturated heterocycles. The maximum atomic E-state index is 6.14. The van der Waals surface area contributed by atoms with Crippen LogP contribution in [-0.2, 0) is 0 Å². The molecule has 1 aromatic rings. The van der Waals surface area contributed by atoms with Gasteiger partial charge in [0.15, 0.2) is 0 Å². The van der Waals surface area contributed by atoms with Crippen LogP contribution in [0.2, 0.25) is 5.02 Å². The molecule has 1 aliphatic heterocycles. The Labute approximate surface area is 110 Å². The first-order valence-corrected chi connectivity index (χ1v) is 6.97. The second-order valence-corrected chi connectivity index (χ2v) is 6.16. The zero-order valence-electron chi connectivity index (χ0n) is 9.37. The molecule has 1 fully saturated rings. The molecular weight excluding hydrogens is 288 g/mol. The van der Waals surface area contributed by atoms with E-state index in [0.29, 0.717) is 4.83 Å². The van der Waals surface area contributed by atoms with Crippen LogP contribution >= 0.6 is 27.5 Å². The van der Waals surface area contributed by atoms with E-state index in [4.69, 9.17) is 11.6 Å². The van der Waals surface area contributed by atoms with Crippen molar-refractivity contribution >= 4 is 33.3 Å². The molecule has 1 aliphatic rings. The van der Waals surface area contributed by atoms with Crippen molar-refractivity contribution < 1.29 is 0 Å². The minimum atomic E-state index is 0.605. The highest BCUT2D eigenvalue weighted by molar-refractivity contribution is 9.09. The van der Waals surface area contributed by atoms with Crippen molar-refractivity contribution in [2.75, 3.05) is 18.0 Å². The van der Waals surface area contributed by atoms with Crippen molar-refractivity contribution in [1.82, 2.24) is 4.98 Å². The molecule has 0 spiro atoms. The molecule has 16 heavy (non-hydrogen) atoms. The van der Waals surface area contributed by atoms with E-state index in [2.05, 4.69) is 32.7 Å². The number of halogens is 2. The summed E-state index contributed by atoms with van der Waals surface area (Å²) in [7, 11) is 0. The third kappa shape index (κ3) is 2.69. The van der Waals surface area contributed by atoms with Crippen LogP contribution in [0.1, 0.15) is 19.8 Å². The van der Waals surface area contributed by atoms with Gasteiger partial charge in [0.2, 0.25) is 0 Å². The van der Waals surface area contributed by atoms with Crippen LogP contribution in [0.4, 0.5) is 5.82 Å². The van der Waals surface area contributed by atoms with Gasteiger partial charge in [-0.15, -0.1) is 0 Å². The molecule has 4 heteroatoms. The molecule has 1 unspecified atom stereocenters. The number of nitrogens with zero attached hydrogens (tertiary/aromatic N) is 2. The number of pyridine rings is 1. The van der Waals surface area contributed by atoms with Gasteiger partial charge in [0, 0.05) is 24.1 Å². The summed E-state index contributed by atoms with van der Waals surface area (Å²) in [6.07, 6.45) is 4.22. The molecule has 2 nitrogen and oxygen atoms in total. The minimum Gasteiger partial charge on any atom is -0.355 e. The zero-order chi connectivity index (χ0) is 11.5. The average molecular weight is 304 g/mol. The van der Waals surface area contributed by atoms with Gasteiger partial charge in [0.05, 0.1) is 5.02 Å². The normalized spacial score (nSPS) is 19.8. The van der Waals surface area contributed by atoms with Gasteiger partial charge < -0.3 is 4.90 Å². The topological polar surface area (TPSA) is 16.1 Å². The highest BCUT2D eigenvalue weighted by Gasteiger charge is 2.23. The molecule has 0 N–H and O–H groups in total. The van der Waals surface area contributed by atoms with Crippen LogP contribution in [0, 0.1) is 5.92 Å². The average Bonchev–Trinajstić information content (AvgIpc) is 2.30. The summed E-state index contributed by atoms with van der Waals surface area (Å²) >= 11 is 9.81. The quantitative estimate of drug-likeness (QED) is 0.774. The SMILES string of the molecule is CC(Br)C1CCN(c2ncccc2Cl)CC1. The van der Waals surface area contributed by atoms with E-state index < -0.39 is 0 Å². The molecule has 0 bridgehead atoms. The van der Waals surface area contributed by atoms with Gasteiger partial charge in [-0.1, -0.05) is 34.5 Å². The number of hydrogen-bond acceptors (Lipinski definition) is 2. The highest BCUT2D eigenvalue weighted by Crippen LogP contribution is 2.30. The number of anilines is 1. The summed E-state index contributed by atoms with van der Waals surface area (Å²) in [5.41, 5.74) is 0. The molecule has 1 atom stereocenters. The van der Waals surface area contributed by atoms with Crippen molar-refractivity contribution in [3.63, 3.8) is 0 Å². The maximum Gasteiger partial charge on any atom is 0.147 e. The predicted octanol–water partition coefficient (Wildman–Crippen LogP) is 3.73. The van der Waals surface area contributed by atoms with E-state index in [-0.39, 0.29) is 0 Å². The standard InChI is InChI=1S/C12H16BrClN2/c1-9(13)10-4-7-16(8-5-10)12-11(14)3-2-6-15-12/h2-3,6,9-10H,4-5,7-8H2,1H3. The van der Waals surface area contributed by atoms with Crippen molar-refractivity contribution in [3.05, 3.63) is 23.4 Å². The largest absolute Gasteiger partial charge is 0.355 e. The Kier molecular flexibility index (Phi) is 4.09. The fraction of sp³-hybridized carbons (Fsp3) is 0.583. The summed E-state index contributed by atoms with van der Waals surface area (Å²) in [5, 5.41) is 0.757. The maximum absolute atomic E-state index is 6.14. The van der Waals surface area contributed by atoms with Gasteiger partial charge in [-0.3, -0.25) is 0 Å². The summed E-state index contributed by atoms with van der Waals surface area (Å²) in [5.74, 6) is 1.71. The lowest BCUT2D eigenvalue weighted by molar-refractivity contribution is 0.405. The monoisotopic (exact) mass is 302 g/mol. The molecule has 2 rings (SSSR count). The second kappa shape index (κ2) is 5.37. The molecule has 0 saturated carbocycles. The lowest BCUT2D eigenvalue weighted by Gasteiger charge is -2.34. The summed E-state index contributed by atoms with van der Waals surface area (Å²) < 4.78 is 0. The first-order chi connectivity index (χ1) is 7.68. The van der Waals surface area contributed by atoms with Crippen molar-refractivity contribution in [2.45, 2.75) is 24.6 Å². The van der Waals surface area contributed by atoms with E-state index in [0.717, 1.165) is 29.8 Å². The Morgan fingerprint density at radius 1 is 1.50 bits per heavy atom. The summed E-state index contributed by atoms with van der Waals surface area (Å²) in [6.45, 7) is 4.34. The molecule has 0 radical (unpaired) electrons. The minimum absolute atomic E-state index is 0.605. The van der Waals surface area contributed by atoms with Gasteiger partial charge in [-0.2, -0.15) is 0 Å². The summed E-state index contributed by atoms with van der Waals surface area (Å²) in [6, 6.07) is 3.78. The first kappa shape index (κ1) is 12.2. The molecule has 0 aromatic carbocycles. The van der Waals surface area contributed by atoms with E-state index in [1.54, 1.807) is 6.20 Å². The van der Waals surface area contributed by atoms with Crippen LogP contribution in [0.25, 0.3) is 0 Å². The Morgan fingerprint density at radius 2 is 2.19 bits per heavy atom. The predicted molar refractivity (Wildman–Crippen MR) is 72.6 cm³/mol. The molecule has 2 heterocycles. The van der Waals surface area contributed by atoms with Crippen molar-refractivity contribution in [3.8, 4) is 0 Å². The zero-order valence-corrected chi connectivity index (χ0v) is 11.7. The van der Waals surface area contributed by atoms with E-state index >= 15 is 0 Å². The number of aromatic nitrogens is 1. The number of piperidine rings is 1. The van der Waals surface area contributed by atoms with Crippen LogP contribution in [0.15, 0.2) is 18.3 Å². The molecular formula is C12H16BrClN2. The summed E-state index contributed by atoms with van der Waals surface area (Å²) in [4.78, 5) is 7.25. The van der Waals surface area contributed by atoms with Crippen molar-refractivity contribution in [2.24, 2.45) is 5.92 Å². The van der Waals surface area contributed by atoms with Gasteiger partial charge in [-0.05, 0) is 30.9 Å². The van der Waals surface area contributed by atoms with E-state index in [1.165, 1.54) is 12.8 Å². The smallest absolute Gasteiger partial charge is 0.147 e. The Balaban J connectivity index is 2.02. The lowest BCUT2D eigenvalue weighted by atomic mass is 9.94. The Morgan fingerprint density at radius 3 is 2.75 bits per heavy atom. The first-order valence-electron chi connectivity index (χ1n) is 5.68. The molecule has 0 aliphatic carbocycles. The van der Waals surface area contributed by atoms with Crippen LogP contribution in [-0.4, -0.2) is 22.9 Å². The fourth-order valence-electron chi connectivity index (χ4n) is 2.18. The molecule has 0 amide bonds. The Hall–Kier alpha value is -0.280. The third-order valence-corrected chi connectivity index (χ3v) is 4.27. The number of rotatable bonds is 2. The van der Waals surface area contributed by atoms with E-state index in [1.807, 2.05) is 12.1 Å². The molecule has 1 aromatic heterocycles. The second-order valence-electron chi connectivity index (χ2n) is 4.31. The van der Waals surface area contributed by atoms with E-state index in [9.17, 15) is 0 Å². The fourth-order valence-corrected chi connectivity index (χ4v) is 2.95.